The first-order valence-corrected chi connectivity index (χ1v) is 5.97. The molecule has 0 aliphatic carbocycles. The van der Waals surface area contributed by atoms with Crippen molar-refractivity contribution >= 4 is 12.4 Å². The van der Waals surface area contributed by atoms with Crippen LogP contribution < -0.4 is 17.2 Å². The Morgan fingerprint density at radius 3 is 1.40 bits per heavy atom. The molecule has 6 N–H and O–H groups in total. The van der Waals surface area contributed by atoms with Gasteiger partial charge in [0.25, 0.3) is 0 Å². The van der Waals surface area contributed by atoms with Gasteiger partial charge in [0.2, 0.25) is 0 Å². The van der Waals surface area contributed by atoms with Crippen molar-refractivity contribution in [1.82, 2.24) is 0 Å². The lowest BCUT2D eigenvalue weighted by Crippen LogP contribution is -2.19. The SMILES string of the molecule is Cl.NCCCCCC(N)CCCCCN. The minimum absolute atomic E-state index is 0. The van der Waals surface area contributed by atoms with Crippen LogP contribution in [-0.2, 0) is 0 Å². The van der Waals surface area contributed by atoms with E-state index in [4.69, 9.17) is 17.2 Å². The Hall–Kier alpha value is 0.170. The van der Waals surface area contributed by atoms with Gasteiger partial charge in [0.15, 0.2) is 0 Å². The molecule has 0 saturated carbocycles. The Morgan fingerprint density at radius 1 is 0.667 bits per heavy atom. The lowest BCUT2D eigenvalue weighted by Gasteiger charge is -2.10. The number of hydrogen-bond acceptors (Lipinski definition) is 3. The average Bonchev–Trinajstić information content (AvgIpc) is 2.19. The van der Waals surface area contributed by atoms with Gasteiger partial charge in [0, 0.05) is 6.04 Å². The fourth-order valence-electron chi connectivity index (χ4n) is 1.60. The molecule has 4 heteroatoms. The van der Waals surface area contributed by atoms with Crippen LogP contribution in [-0.4, -0.2) is 19.1 Å². The van der Waals surface area contributed by atoms with Gasteiger partial charge in [-0.2, -0.15) is 0 Å². The number of halogens is 1. The van der Waals surface area contributed by atoms with E-state index in [0.29, 0.717) is 6.04 Å². The molecular weight excluding hydrogens is 210 g/mol. The van der Waals surface area contributed by atoms with Gasteiger partial charge in [0.05, 0.1) is 0 Å². The number of nitrogens with two attached hydrogens (primary N) is 3. The normalized spacial score (nSPS) is 10.4. The van der Waals surface area contributed by atoms with Gasteiger partial charge in [0.1, 0.15) is 0 Å². The smallest absolute Gasteiger partial charge is 0.00388 e. The van der Waals surface area contributed by atoms with Gasteiger partial charge >= 0.3 is 0 Å². The monoisotopic (exact) mass is 237 g/mol. The highest BCUT2D eigenvalue weighted by Gasteiger charge is 2.01. The first-order chi connectivity index (χ1) is 6.81. The van der Waals surface area contributed by atoms with Crippen molar-refractivity contribution in [2.75, 3.05) is 13.1 Å². The minimum atomic E-state index is 0. The van der Waals surface area contributed by atoms with Crippen molar-refractivity contribution in [3.8, 4) is 0 Å². The molecule has 15 heavy (non-hydrogen) atoms. The van der Waals surface area contributed by atoms with E-state index >= 15 is 0 Å². The Balaban J connectivity index is 0. The molecule has 0 bridgehead atoms. The highest BCUT2D eigenvalue weighted by atomic mass is 35.5. The van der Waals surface area contributed by atoms with Crippen LogP contribution in [0.2, 0.25) is 0 Å². The van der Waals surface area contributed by atoms with Crippen molar-refractivity contribution in [3.63, 3.8) is 0 Å². The third kappa shape index (κ3) is 14.2. The maximum Gasteiger partial charge on any atom is 0.00388 e. The molecule has 0 heterocycles. The van der Waals surface area contributed by atoms with E-state index in [9.17, 15) is 0 Å². The van der Waals surface area contributed by atoms with E-state index in [1.54, 1.807) is 0 Å². The summed E-state index contributed by atoms with van der Waals surface area (Å²) in [7, 11) is 0. The van der Waals surface area contributed by atoms with E-state index < -0.39 is 0 Å². The largest absolute Gasteiger partial charge is 0.330 e. The zero-order valence-electron chi connectivity index (χ0n) is 9.79. The summed E-state index contributed by atoms with van der Waals surface area (Å²) >= 11 is 0. The van der Waals surface area contributed by atoms with Crippen LogP contribution in [0.25, 0.3) is 0 Å². The average molecular weight is 238 g/mol. The van der Waals surface area contributed by atoms with E-state index in [2.05, 4.69) is 0 Å². The van der Waals surface area contributed by atoms with Crippen molar-refractivity contribution in [1.29, 1.82) is 0 Å². The highest BCUT2D eigenvalue weighted by Crippen LogP contribution is 2.08. The predicted molar refractivity (Wildman–Crippen MR) is 70.3 cm³/mol. The molecule has 94 valence electrons. The first-order valence-electron chi connectivity index (χ1n) is 5.97. The molecule has 3 nitrogen and oxygen atoms in total. The van der Waals surface area contributed by atoms with Crippen LogP contribution in [0.3, 0.4) is 0 Å². The molecule has 0 radical (unpaired) electrons. The van der Waals surface area contributed by atoms with Gasteiger partial charge < -0.3 is 17.2 Å². The Morgan fingerprint density at radius 2 is 1.07 bits per heavy atom. The number of unbranched alkanes of at least 4 members (excludes halogenated alkanes) is 4. The molecule has 0 unspecified atom stereocenters. The van der Waals surface area contributed by atoms with Gasteiger partial charge in [-0.1, -0.05) is 25.7 Å². The molecule has 0 saturated heterocycles. The zero-order chi connectivity index (χ0) is 10.6. The summed E-state index contributed by atoms with van der Waals surface area (Å²) in [5, 5.41) is 0. The highest BCUT2D eigenvalue weighted by molar-refractivity contribution is 5.85. The summed E-state index contributed by atoms with van der Waals surface area (Å²) in [6, 6.07) is 0.394. The van der Waals surface area contributed by atoms with Crippen LogP contribution in [0.5, 0.6) is 0 Å². The van der Waals surface area contributed by atoms with Gasteiger partial charge in [-0.05, 0) is 38.8 Å². The maximum atomic E-state index is 5.98. The predicted octanol–water partition coefficient (Wildman–Crippen LogP) is 1.77. The van der Waals surface area contributed by atoms with E-state index in [1.165, 1.54) is 25.7 Å². The van der Waals surface area contributed by atoms with E-state index in [1.807, 2.05) is 0 Å². The number of hydrogen-bond donors (Lipinski definition) is 3. The molecule has 0 aromatic carbocycles. The maximum absolute atomic E-state index is 5.98. The lowest BCUT2D eigenvalue weighted by molar-refractivity contribution is 0.497. The minimum Gasteiger partial charge on any atom is -0.330 e. The van der Waals surface area contributed by atoms with Crippen molar-refractivity contribution < 1.29 is 0 Å². The lowest BCUT2D eigenvalue weighted by atomic mass is 10.0. The molecular formula is C11H28ClN3. The van der Waals surface area contributed by atoms with Gasteiger partial charge in [-0.3, -0.25) is 0 Å². The second-order valence-electron chi connectivity index (χ2n) is 4.04. The molecule has 0 aromatic rings. The quantitative estimate of drug-likeness (QED) is 0.507. The fourth-order valence-corrected chi connectivity index (χ4v) is 1.60. The van der Waals surface area contributed by atoms with Gasteiger partial charge in [-0.15, -0.1) is 12.4 Å². The molecule has 0 fully saturated rings. The van der Waals surface area contributed by atoms with Crippen LogP contribution in [0.1, 0.15) is 51.4 Å². The van der Waals surface area contributed by atoms with Crippen molar-refractivity contribution in [2.24, 2.45) is 17.2 Å². The molecule has 0 amide bonds. The second kappa shape index (κ2) is 14.2. The van der Waals surface area contributed by atoms with Crippen LogP contribution in [0, 0.1) is 0 Å². The summed E-state index contributed by atoms with van der Waals surface area (Å²) in [6.07, 6.45) is 9.51. The van der Waals surface area contributed by atoms with Crippen molar-refractivity contribution in [2.45, 2.75) is 57.4 Å². The molecule has 0 rings (SSSR count). The Bertz CT molecular complexity index is 100. The second-order valence-corrected chi connectivity index (χ2v) is 4.04. The van der Waals surface area contributed by atoms with E-state index in [0.717, 1.165) is 38.8 Å². The summed E-state index contributed by atoms with van der Waals surface area (Å²) in [4.78, 5) is 0. The van der Waals surface area contributed by atoms with E-state index in [-0.39, 0.29) is 12.4 Å². The summed E-state index contributed by atoms with van der Waals surface area (Å²) in [6.45, 7) is 1.62. The molecule has 0 aliphatic rings. The summed E-state index contributed by atoms with van der Waals surface area (Å²) < 4.78 is 0. The fraction of sp³-hybridized carbons (Fsp3) is 1.00. The first kappa shape index (κ1) is 17.6. The van der Waals surface area contributed by atoms with Crippen LogP contribution in [0.4, 0.5) is 0 Å². The zero-order valence-corrected chi connectivity index (χ0v) is 10.6. The number of rotatable bonds is 10. The topological polar surface area (TPSA) is 78.1 Å². The standard InChI is InChI=1S/C11H27N3.ClH/c12-9-5-1-3-7-11(14)8-4-2-6-10-13;/h11H,1-10,12-14H2;1H. The third-order valence-corrected chi connectivity index (χ3v) is 2.56. The molecule has 0 atom stereocenters. The Labute approximate surface area is 101 Å². The van der Waals surface area contributed by atoms with Crippen molar-refractivity contribution in [3.05, 3.63) is 0 Å². The van der Waals surface area contributed by atoms with Crippen LogP contribution in [0.15, 0.2) is 0 Å². The summed E-state index contributed by atoms with van der Waals surface area (Å²) in [5.41, 5.74) is 16.8. The third-order valence-electron chi connectivity index (χ3n) is 2.56. The van der Waals surface area contributed by atoms with Crippen LogP contribution >= 0.6 is 12.4 Å². The van der Waals surface area contributed by atoms with Gasteiger partial charge in [-0.25, -0.2) is 0 Å². The molecule has 0 aliphatic heterocycles. The summed E-state index contributed by atoms with van der Waals surface area (Å²) in [5.74, 6) is 0. The molecule has 0 spiro atoms. The molecule has 0 aromatic heterocycles. The Kier molecular flexibility index (Phi) is 16.6.